The first-order chi connectivity index (χ1) is 15.1. The summed E-state index contributed by atoms with van der Waals surface area (Å²) >= 11 is 0. The van der Waals surface area contributed by atoms with Crippen LogP contribution in [0.3, 0.4) is 0 Å². The fourth-order valence-corrected chi connectivity index (χ4v) is 5.02. The third-order valence-electron chi connectivity index (χ3n) is 7.20. The van der Waals surface area contributed by atoms with Crippen LogP contribution in [-0.2, 0) is 9.53 Å². The van der Waals surface area contributed by atoms with E-state index in [-0.39, 0.29) is 17.2 Å². The van der Waals surface area contributed by atoms with Crippen molar-refractivity contribution in [1.29, 1.82) is 0 Å². The Hall–Kier alpha value is -2.08. The Kier molecular flexibility index (Phi) is 7.16. The first kappa shape index (κ1) is 22.1. The second-order valence-corrected chi connectivity index (χ2v) is 9.56. The second-order valence-electron chi connectivity index (χ2n) is 9.56. The van der Waals surface area contributed by atoms with Gasteiger partial charge in [-0.25, -0.2) is 0 Å². The molecular weight excluding hydrogens is 392 g/mol. The van der Waals surface area contributed by atoms with Crippen LogP contribution in [0.1, 0.15) is 61.7 Å². The lowest BCUT2D eigenvalue weighted by molar-refractivity contribution is -0.132. The molecule has 0 radical (unpaired) electrons. The number of hydrogen-bond acceptors (Lipinski definition) is 4. The standard InChI is InChI=1S/C25H36N2O4/c1-30-19-25-10-4-5-13-26(23(28)18-20-8-9-20)16-17-31-22-7-3-2-6-21(22)24(29)27(14-11-25)15-12-25/h2-3,6-7,20H,4-5,8-19H2,1H3. The zero-order chi connectivity index (χ0) is 21.7. The van der Waals surface area contributed by atoms with Crippen molar-refractivity contribution in [2.24, 2.45) is 11.3 Å². The zero-order valence-electron chi connectivity index (χ0n) is 18.8. The summed E-state index contributed by atoms with van der Waals surface area (Å²) in [6, 6.07) is 7.50. The molecule has 1 aromatic rings. The number of nitrogens with zero attached hydrogens (tertiary/aromatic N) is 2. The molecule has 0 N–H and O–H groups in total. The topological polar surface area (TPSA) is 59.1 Å². The summed E-state index contributed by atoms with van der Waals surface area (Å²) in [5.74, 6) is 1.49. The molecule has 2 amide bonds. The van der Waals surface area contributed by atoms with Crippen molar-refractivity contribution in [3.05, 3.63) is 29.8 Å². The monoisotopic (exact) mass is 428 g/mol. The van der Waals surface area contributed by atoms with Gasteiger partial charge >= 0.3 is 0 Å². The lowest BCUT2D eigenvalue weighted by Crippen LogP contribution is -2.45. The second kappa shape index (κ2) is 10.0. The molecule has 0 spiro atoms. The van der Waals surface area contributed by atoms with Crippen molar-refractivity contribution in [3.63, 3.8) is 0 Å². The SMILES string of the molecule is COCC12CCCCN(C(=O)CC3CC3)CCOc3ccccc3C(=O)N(CC1)CC2. The molecule has 6 nitrogen and oxygen atoms in total. The molecule has 1 aromatic carbocycles. The van der Waals surface area contributed by atoms with E-state index in [1.807, 2.05) is 34.1 Å². The van der Waals surface area contributed by atoms with Crippen LogP contribution in [0.2, 0.25) is 0 Å². The van der Waals surface area contributed by atoms with Crippen LogP contribution in [0.4, 0.5) is 0 Å². The van der Waals surface area contributed by atoms with Gasteiger partial charge in [0.1, 0.15) is 12.4 Å². The first-order valence-electron chi connectivity index (χ1n) is 11.9. The number of hydrogen-bond donors (Lipinski definition) is 0. The average Bonchev–Trinajstić information content (AvgIpc) is 3.59. The van der Waals surface area contributed by atoms with Gasteiger partial charge in [0.15, 0.2) is 0 Å². The molecule has 6 heteroatoms. The van der Waals surface area contributed by atoms with Gasteiger partial charge in [0.05, 0.1) is 18.7 Å². The Morgan fingerprint density at radius 3 is 2.61 bits per heavy atom. The highest BCUT2D eigenvalue weighted by Crippen LogP contribution is 2.38. The highest BCUT2D eigenvalue weighted by Gasteiger charge is 2.36. The predicted octanol–water partition coefficient (Wildman–Crippen LogP) is 3.75. The summed E-state index contributed by atoms with van der Waals surface area (Å²) in [7, 11) is 1.77. The molecule has 5 rings (SSSR count). The Balaban J connectivity index is 1.52. The van der Waals surface area contributed by atoms with Crippen LogP contribution < -0.4 is 4.74 Å². The first-order valence-corrected chi connectivity index (χ1v) is 11.9. The maximum Gasteiger partial charge on any atom is 0.257 e. The number of methoxy groups -OCH3 is 1. The fraction of sp³-hybridized carbons (Fsp3) is 0.680. The number of rotatable bonds is 4. The summed E-state index contributed by atoms with van der Waals surface area (Å²) < 4.78 is 11.6. The normalized spacial score (nSPS) is 22.3. The molecule has 1 saturated heterocycles. The molecule has 31 heavy (non-hydrogen) atoms. The van der Waals surface area contributed by atoms with Gasteiger partial charge < -0.3 is 19.3 Å². The number of amides is 2. The molecule has 3 aliphatic heterocycles. The van der Waals surface area contributed by atoms with Gasteiger partial charge in [-0.1, -0.05) is 18.6 Å². The fourth-order valence-electron chi connectivity index (χ4n) is 5.02. The molecule has 0 aromatic heterocycles. The van der Waals surface area contributed by atoms with E-state index >= 15 is 0 Å². The zero-order valence-corrected chi connectivity index (χ0v) is 18.8. The van der Waals surface area contributed by atoms with E-state index in [0.29, 0.717) is 36.8 Å². The van der Waals surface area contributed by atoms with Gasteiger partial charge in [0.25, 0.3) is 5.91 Å². The minimum absolute atomic E-state index is 0.0400. The lowest BCUT2D eigenvalue weighted by Gasteiger charge is -2.41. The summed E-state index contributed by atoms with van der Waals surface area (Å²) in [6.07, 6.45) is 8.11. The lowest BCUT2D eigenvalue weighted by atomic mass is 9.75. The van der Waals surface area contributed by atoms with Crippen molar-refractivity contribution < 1.29 is 19.1 Å². The summed E-state index contributed by atoms with van der Waals surface area (Å²) in [5.41, 5.74) is 0.748. The van der Waals surface area contributed by atoms with Crippen LogP contribution in [0.15, 0.2) is 24.3 Å². The Labute approximate surface area is 185 Å². The minimum Gasteiger partial charge on any atom is -0.491 e. The number of fused-ring (bicyclic) bond motifs is 9. The van der Waals surface area contributed by atoms with E-state index < -0.39 is 0 Å². The van der Waals surface area contributed by atoms with E-state index in [1.54, 1.807) is 7.11 Å². The van der Waals surface area contributed by atoms with E-state index in [0.717, 1.165) is 58.3 Å². The number of carbonyl (C=O) groups is 2. The van der Waals surface area contributed by atoms with Gasteiger partial charge in [0.2, 0.25) is 5.91 Å². The Morgan fingerprint density at radius 2 is 1.87 bits per heavy atom. The van der Waals surface area contributed by atoms with Crippen LogP contribution in [0.5, 0.6) is 5.75 Å². The summed E-state index contributed by atoms with van der Waals surface area (Å²) in [6.45, 7) is 4.00. The molecule has 170 valence electrons. The molecular formula is C25H36N2O4. The molecule has 2 bridgehead atoms. The van der Waals surface area contributed by atoms with Crippen LogP contribution >= 0.6 is 0 Å². The highest BCUT2D eigenvalue weighted by molar-refractivity contribution is 5.97. The number of ether oxygens (including phenoxy) is 2. The van der Waals surface area contributed by atoms with E-state index in [1.165, 1.54) is 12.8 Å². The van der Waals surface area contributed by atoms with Crippen molar-refractivity contribution in [2.75, 3.05) is 46.5 Å². The van der Waals surface area contributed by atoms with Gasteiger partial charge in [-0.05, 0) is 62.0 Å². The quantitative estimate of drug-likeness (QED) is 0.733. The average molecular weight is 429 g/mol. The number of para-hydroxylation sites is 1. The number of benzene rings is 1. The third kappa shape index (κ3) is 5.59. The maximum atomic E-state index is 13.2. The third-order valence-corrected chi connectivity index (χ3v) is 7.20. The molecule has 0 atom stereocenters. The van der Waals surface area contributed by atoms with Gasteiger partial charge in [-0.3, -0.25) is 9.59 Å². The molecule has 1 saturated carbocycles. The minimum atomic E-state index is 0.0400. The predicted molar refractivity (Wildman–Crippen MR) is 119 cm³/mol. The van der Waals surface area contributed by atoms with Gasteiger partial charge in [-0.15, -0.1) is 0 Å². The van der Waals surface area contributed by atoms with Crippen molar-refractivity contribution >= 4 is 11.8 Å². The summed E-state index contributed by atoms with van der Waals surface area (Å²) in [4.78, 5) is 30.0. The van der Waals surface area contributed by atoms with E-state index in [4.69, 9.17) is 9.47 Å². The molecule has 4 aliphatic rings. The highest BCUT2D eigenvalue weighted by atomic mass is 16.5. The number of carbonyl (C=O) groups excluding carboxylic acids is 2. The molecule has 1 aliphatic carbocycles. The van der Waals surface area contributed by atoms with Gasteiger partial charge in [-0.2, -0.15) is 0 Å². The van der Waals surface area contributed by atoms with Crippen LogP contribution in [0, 0.1) is 11.3 Å². The van der Waals surface area contributed by atoms with Crippen LogP contribution in [-0.4, -0.2) is 68.1 Å². The van der Waals surface area contributed by atoms with E-state index in [2.05, 4.69) is 0 Å². The van der Waals surface area contributed by atoms with Crippen molar-refractivity contribution in [2.45, 2.75) is 51.4 Å². The molecule has 2 fully saturated rings. The Morgan fingerprint density at radius 1 is 1.10 bits per heavy atom. The molecule has 3 heterocycles. The van der Waals surface area contributed by atoms with Crippen LogP contribution in [0.25, 0.3) is 0 Å². The van der Waals surface area contributed by atoms with Gasteiger partial charge in [0, 0.05) is 33.2 Å². The van der Waals surface area contributed by atoms with Crippen molar-refractivity contribution in [1.82, 2.24) is 9.80 Å². The smallest absolute Gasteiger partial charge is 0.257 e. The number of piperidine rings is 1. The molecule has 0 unspecified atom stereocenters. The Bertz CT molecular complexity index is 769. The summed E-state index contributed by atoms with van der Waals surface area (Å²) in [5, 5.41) is 0. The largest absolute Gasteiger partial charge is 0.491 e. The maximum absolute atomic E-state index is 13.2. The van der Waals surface area contributed by atoms with Crippen molar-refractivity contribution in [3.8, 4) is 5.75 Å². The van der Waals surface area contributed by atoms with E-state index in [9.17, 15) is 9.59 Å².